The number of anilines is 1. The largest absolute Gasteiger partial charge is 0.278 e. The number of aryl methyl sites for hydroxylation is 1. The summed E-state index contributed by atoms with van der Waals surface area (Å²) in [6, 6.07) is 17.0. The van der Waals surface area contributed by atoms with E-state index in [2.05, 4.69) is 16.6 Å². The lowest BCUT2D eigenvalue weighted by molar-refractivity contribution is 0.601. The third-order valence-electron chi connectivity index (χ3n) is 3.74. The molecule has 0 spiro atoms. The highest BCUT2D eigenvalue weighted by molar-refractivity contribution is 7.92. The maximum Gasteiger partial charge on any atom is 0.261 e. The molecule has 3 rings (SSSR count). The smallest absolute Gasteiger partial charge is 0.261 e. The minimum atomic E-state index is -3.76. The van der Waals surface area contributed by atoms with Crippen LogP contribution in [-0.4, -0.2) is 8.42 Å². The van der Waals surface area contributed by atoms with Gasteiger partial charge in [0.15, 0.2) is 0 Å². The van der Waals surface area contributed by atoms with Crippen LogP contribution in [0.5, 0.6) is 0 Å². The topological polar surface area (TPSA) is 46.2 Å². The molecule has 0 aromatic heterocycles. The first kappa shape index (κ1) is 19.0. The van der Waals surface area contributed by atoms with E-state index in [1.54, 1.807) is 42.5 Å². The van der Waals surface area contributed by atoms with E-state index in [0.29, 0.717) is 21.8 Å². The van der Waals surface area contributed by atoms with Gasteiger partial charge in [0.1, 0.15) is 5.82 Å². The van der Waals surface area contributed by atoms with Crippen molar-refractivity contribution in [1.82, 2.24) is 0 Å². The first-order chi connectivity index (χ1) is 12.8. The molecule has 0 saturated heterocycles. The van der Waals surface area contributed by atoms with Crippen molar-refractivity contribution in [3.8, 4) is 11.8 Å². The molecule has 3 aromatic rings. The van der Waals surface area contributed by atoms with Crippen LogP contribution in [0.4, 0.5) is 10.1 Å². The highest BCUT2D eigenvalue weighted by Crippen LogP contribution is 2.23. The maximum absolute atomic E-state index is 13.0. The Balaban J connectivity index is 1.95. The molecule has 1 N–H and O–H groups in total. The van der Waals surface area contributed by atoms with Crippen molar-refractivity contribution in [2.45, 2.75) is 11.8 Å². The molecular formula is C21H15ClFNO2S. The number of hydrogen-bond acceptors (Lipinski definition) is 2. The minimum absolute atomic E-state index is 0.153. The summed E-state index contributed by atoms with van der Waals surface area (Å²) in [6.45, 7) is 1.88. The van der Waals surface area contributed by atoms with Crippen molar-refractivity contribution in [1.29, 1.82) is 0 Å². The van der Waals surface area contributed by atoms with Crippen LogP contribution in [0.15, 0.2) is 71.6 Å². The Labute approximate surface area is 162 Å². The maximum atomic E-state index is 13.0. The Morgan fingerprint density at radius 3 is 2.26 bits per heavy atom. The van der Waals surface area contributed by atoms with Gasteiger partial charge >= 0.3 is 0 Å². The van der Waals surface area contributed by atoms with Crippen molar-refractivity contribution in [3.05, 3.63) is 94.3 Å². The first-order valence-electron chi connectivity index (χ1n) is 8.00. The normalized spacial score (nSPS) is 10.8. The zero-order valence-corrected chi connectivity index (χ0v) is 15.9. The molecule has 0 saturated carbocycles. The molecule has 0 atom stereocenters. The van der Waals surface area contributed by atoms with Crippen LogP contribution in [0.2, 0.25) is 5.02 Å². The fraction of sp³-hybridized carbons (Fsp3) is 0.0476. The summed E-state index contributed by atoms with van der Waals surface area (Å²) in [6.07, 6.45) is 0. The van der Waals surface area contributed by atoms with Gasteiger partial charge in [0, 0.05) is 10.6 Å². The molecule has 0 aliphatic carbocycles. The third-order valence-corrected chi connectivity index (χ3v) is 5.36. The van der Waals surface area contributed by atoms with Crippen molar-refractivity contribution in [2.75, 3.05) is 4.72 Å². The molecule has 6 heteroatoms. The Morgan fingerprint density at radius 1 is 0.926 bits per heavy atom. The summed E-state index contributed by atoms with van der Waals surface area (Å²) in [4.78, 5) is 0.153. The molecule has 136 valence electrons. The third kappa shape index (κ3) is 4.88. The lowest BCUT2D eigenvalue weighted by Gasteiger charge is -2.10. The quantitative estimate of drug-likeness (QED) is 0.631. The van der Waals surface area contributed by atoms with E-state index >= 15 is 0 Å². The number of hydrogen-bond donors (Lipinski definition) is 1. The van der Waals surface area contributed by atoms with Gasteiger partial charge in [-0.25, -0.2) is 12.8 Å². The van der Waals surface area contributed by atoms with Gasteiger partial charge in [-0.1, -0.05) is 41.1 Å². The predicted octanol–water partition coefficient (Wildman–Crippen LogP) is 4.99. The summed E-state index contributed by atoms with van der Waals surface area (Å²) in [7, 11) is -3.76. The summed E-state index contributed by atoms with van der Waals surface area (Å²) in [5.74, 6) is 5.42. The summed E-state index contributed by atoms with van der Waals surface area (Å²) < 4.78 is 40.8. The molecule has 3 aromatic carbocycles. The molecule has 0 aliphatic rings. The van der Waals surface area contributed by atoms with Gasteiger partial charge in [-0.2, -0.15) is 0 Å². The van der Waals surface area contributed by atoms with Crippen molar-refractivity contribution in [2.24, 2.45) is 0 Å². The summed E-state index contributed by atoms with van der Waals surface area (Å²) in [5.41, 5.74) is 2.30. The first-order valence-corrected chi connectivity index (χ1v) is 9.86. The zero-order valence-electron chi connectivity index (χ0n) is 14.3. The molecule has 0 bridgehead atoms. The Hall–Kier alpha value is -2.81. The highest BCUT2D eigenvalue weighted by Gasteiger charge is 2.15. The van der Waals surface area contributed by atoms with Gasteiger partial charge < -0.3 is 0 Å². The molecule has 0 radical (unpaired) electrons. The monoisotopic (exact) mass is 399 g/mol. The predicted molar refractivity (Wildman–Crippen MR) is 106 cm³/mol. The average Bonchev–Trinajstić information content (AvgIpc) is 2.63. The van der Waals surface area contributed by atoms with Gasteiger partial charge in [-0.3, -0.25) is 4.72 Å². The molecule has 3 nitrogen and oxygen atoms in total. The minimum Gasteiger partial charge on any atom is -0.278 e. The fourth-order valence-corrected chi connectivity index (χ4v) is 3.55. The van der Waals surface area contributed by atoms with E-state index in [1.807, 2.05) is 6.92 Å². The zero-order chi connectivity index (χ0) is 19.4. The number of nitrogens with one attached hydrogen (secondary N) is 1. The van der Waals surface area contributed by atoms with Crippen molar-refractivity contribution >= 4 is 27.3 Å². The van der Waals surface area contributed by atoms with Crippen LogP contribution < -0.4 is 4.72 Å². The molecule has 0 fully saturated rings. The van der Waals surface area contributed by atoms with Gasteiger partial charge in [0.2, 0.25) is 0 Å². The Kier molecular flexibility index (Phi) is 5.50. The number of benzene rings is 3. The second kappa shape index (κ2) is 7.83. The van der Waals surface area contributed by atoms with Gasteiger partial charge in [-0.15, -0.1) is 0 Å². The lowest BCUT2D eigenvalue weighted by atomic mass is 10.1. The van der Waals surface area contributed by atoms with Crippen LogP contribution in [-0.2, 0) is 10.0 Å². The van der Waals surface area contributed by atoms with Gasteiger partial charge in [-0.05, 0) is 61.5 Å². The van der Waals surface area contributed by atoms with E-state index in [1.165, 1.54) is 24.3 Å². The number of halogens is 2. The second-order valence-corrected chi connectivity index (χ2v) is 7.98. The Bertz CT molecular complexity index is 1130. The van der Waals surface area contributed by atoms with E-state index in [0.717, 1.165) is 5.56 Å². The molecule has 0 aliphatic heterocycles. The van der Waals surface area contributed by atoms with Crippen LogP contribution >= 0.6 is 11.6 Å². The Morgan fingerprint density at radius 2 is 1.59 bits per heavy atom. The van der Waals surface area contributed by atoms with E-state index < -0.39 is 10.0 Å². The van der Waals surface area contributed by atoms with Crippen LogP contribution in [0.3, 0.4) is 0 Å². The summed E-state index contributed by atoms with van der Waals surface area (Å²) >= 11 is 6.03. The molecule has 0 amide bonds. The van der Waals surface area contributed by atoms with Crippen LogP contribution in [0.25, 0.3) is 0 Å². The SMILES string of the molecule is Cc1ccc(S(=O)(=O)Nc2ccc(Cl)cc2C#Cc2ccc(F)cc2)cc1. The van der Waals surface area contributed by atoms with Crippen molar-refractivity contribution < 1.29 is 12.8 Å². The average molecular weight is 400 g/mol. The second-order valence-electron chi connectivity index (χ2n) is 5.87. The van der Waals surface area contributed by atoms with Gasteiger partial charge in [0.05, 0.1) is 16.1 Å². The van der Waals surface area contributed by atoms with Crippen LogP contribution in [0, 0.1) is 24.6 Å². The van der Waals surface area contributed by atoms with Crippen LogP contribution in [0.1, 0.15) is 16.7 Å². The highest BCUT2D eigenvalue weighted by atomic mass is 35.5. The fourth-order valence-electron chi connectivity index (χ4n) is 2.30. The molecule has 0 heterocycles. The van der Waals surface area contributed by atoms with E-state index in [-0.39, 0.29) is 10.7 Å². The van der Waals surface area contributed by atoms with Gasteiger partial charge in [0.25, 0.3) is 10.0 Å². The number of rotatable bonds is 3. The number of sulfonamides is 1. The molecular weight excluding hydrogens is 385 g/mol. The molecule has 0 unspecified atom stereocenters. The summed E-state index contributed by atoms with van der Waals surface area (Å²) in [5, 5.41) is 0.427. The molecule has 27 heavy (non-hydrogen) atoms. The standard InChI is InChI=1S/C21H15ClFNO2S/c1-15-2-11-20(12-3-15)27(25,26)24-21-13-8-18(22)14-17(21)7-4-16-5-9-19(23)10-6-16/h2-3,5-6,8-14,24H,1H3. The lowest BCUT2D eigenvalue weighted by Crippen LogP contribution is -2.13. The van der Waals surface area contributed by atoms with E-state index in [4.69, 9.17) is 11.6 Å². The van der Waals surface area contributed by atoms with Crippen molar-refractivity contribution in [3.63, 3.8) is 0 Å². The van der Waals surface area contributed by atoms with E-state index in [9.17, 15) is 12.8 Å².